The highest BCUT2D eigenvalue weighted by Gasteiger charge is 2.22. The Morgan fingerprint density at radius 3 is 2.50 bits per heavy atom. The van der Waals surface area contributed by atoms with Crippen LogP contribution in [0.5, 0.6) is 5.75 Å². The number of nitrogens with zero attached hydrogens (tertiary/aromatic N) is 1. The predicted octanol–water partition coefficient (Wildman–Crippen LogP) is 3.43. The van der Waals surface area contributed by atoms with Crippen molar-refractivity contribution in [3.05, 3.63) is 29.0 Å². The summed E-state index contributed by atoms with van der Waals surface area (Å²) in [5.74, 6) is 0.0449. The topological polar surface area (TPSA) is 60.7 Å². The maximum absolute atomic E-state index is 11.6. The number of aryl methyl sites for hydroxylation is 1. The average molecular weight is 305 g/mol. The molecule has 0 spiro atoms. The van der Waals surface area contributed by atoms with E-state index < -0.39 is 5.97 Å². The number of carboxylic acid groups (broad SMARTS) is 1. The van der Waals surface area contributed by atoms with E-state index >= 15 is 0 Å². The van der Waals surface area contributed by atoms with Crippen LogP contribution >= 0.6 is 0 Å². The van der Waals surface area contributed by atoms with E-state index in [2.05, 4.69) is 13.8 Å². The van der Waals surface area contributed by atoms with Gasteiger partial charge in [0.25, 0.3) is 0 Å². The van der Waals surface area contributed by atoms with Crippen LogP contribution in [0.15, 0.2) is 12.1 Å². The quantitative estimate of drug-likeness (QED) is 0.888. The second-order valence-corrected chi connectivity index (χ2v) is 5.71. The molecule has 1 aromatic heterocycles. The van der Waals surface area contributed by atoms with Gasteiger partial charge in [-0.25, -0.2) is 4.79 Å². The molecule has 5 heteroatoms. The Kier molecular flexibility index (Phi) is 4.76. The molecule has 0 unspecified atom stereocenters. The van der Waals surface area contributed by atoms with E-state index in [0.29, 0.717) is 18.9 Å². The van der Waals surface area contributed by atoms with Crippen LogP contribution in [0.3, 0.4) is 0 Å². The van der Waals surface area contributed by atoms with Gasteiger partial charge >= 0.3 is 5.97 Å². The van der Waals surface area contributed by atoms with Crippen molar-refractivity contribution in [2.45, 2.75) is 33.2 Å². The Morgan fingerprint density at radius 1 is 1.32 bits per heavy atom. The molecular formula is C17H23NO4. The van der Waals surface area contributed by atoms with Crippen LogP contribution in [0, 0.1) is 6.92 Å². The SMILES string of the molecule is COCCn1c(C(=O)O)cc2c(OC)cc(C)c(C(C)C)c21. The number of hydrogen-bond donors (Lipinski definition) is 1. The minimum Gasteiger partial charge on any atom is -0.496 e. The molecule has 0 radical (unpaired) electrons. The zero-order valence-corrected chi connectivity index (χ0v) is 13.8. The van der Waals surface area contributed by atoms with E-state index in [4.69, 9.17) is 9.47 Å². The monoisotopic (exact) mass is 305 g/mol. The van der Waals surface area contributed by atoms with Gasteiger partial charge in [0.15, 0.2) is 0 Å². The molecule has 1 N–H and O–H groups in total. The summed E-state index contributed by atoms with van der Waals surface area (Å²) in [4.78, 5) is 11.6. The molecule has 0 aliphatic heterocycles. The van der Waals surface area contributed by atoms with E-state index in [-0.39, 0.29) is 11.6 Å². The van der Waals surface area contributed by atoms with Gasteiger partial charge in [-0.2, -0.15) is 0 Å². The number of aromatic carboxylic acids is 1. The summed E-state index contributed by atoms with van der Waals surface area (Å²) in [7, 11) is 3.22. The molecule has 1 aromatic carbocycles. The molecule has 1 heterocycles. The van der Waals surface area contributed by atoms with Gasteiger partial charge in [-0.15, -0.1) is 0 Å². The maximum Gasteiger partial charge on any atom is 0.352 e. The second-order valence-electron chi connectivity index (χ2n) is 5.71. The molecule has 120 valence electrons. The Balaban J connectivity index is 2.88. The Hall–Kier alpha value is -2.01. The molecule has 0 amide bonds. The van der Waals surface area contributed by atoms with Crippen molar-refractivity contribution in [3.63, 3.8) is 0 Å². The maximum atomic E-state index is 11.6. The van der Waals surface area contributed by atoms with Crippen LogP contribution < -0.4 is 4.74 Å². The lowest BCUT2D eigenvalue weighted by Crippen LogP contribution is -2.13. The smallest absolute Gasteiger partial charge is 0.352 e. The van der Waals surface area contributed by atoms with E-state index in [1.807, 2.05) is 17.6 Å². The summed E-state index contributed by atoms with van der Waals surface area (Å²) in [6.45, 7) is 7.21. The van der Waals surface area contributed by atoms with Crippen LogP contribution in [0.1, 0.15) is 41.4 Å². The zero-order chi connectivity index (χ0) is 16.4. The Morgan fingerprint density at radius 2 is 2.00 bits per heavy atom. The van der Waals surface area contributed by atoms with Gasteiger partial charge in [-0.1, -0.05) is 13.8 Å². The molecule has 2 aromatic rings. The van der Waals surface area contributed by atoms with Crippen molar-refractivity contribution in [2.24, 2.45) is 0 Å². The van der Waals surface area contributed by atoms with Crippen molar-refractivity contribution in [2.75, 3.05) is 20.8 Å². The number of hydrogen-bond acceptors (Lipinski definition) is 3. The van der Waals surface area contributed by atoms with Gasteiger partial charge in [0.1, 0.15) is 11.4 Å². The molecule has 0 saturated heterocycles. The molecule has 0 atom stereocenters. The van der Waals surface area contributed by atoms with E-state index in [1.54, 1.807) is 20.3 Å². The number of aromatic nitrogens is 1. The number of rotatable bonds is 6. The minimum atomic E-state index is -0.943. The van der Waals surface area contributed by atoms with Gasteiger partial charge in [0, 0.05) is 19.0 Å². The third-order valence-corrected chi connectivity index (χ3v) is 3.93. The fourth-order valence-electron chi connectivity index (χ4n) is 3.06. The molecule has 0 aliphatic rings. The molecule has 5 nitrogen and oxygen atoms in total. The molecule has 0 aliphatic carbocycles. The first-order chi connectivity index (χ1) is 10.4. The predicted molar refractivity (Wildman–Crippen MR) is 86.2 cm³/mol. The average Bonchev–Trinajstić information content (AvgIpc) is 2.83. The van der Waals surface area contributed by atoms with Gasteiger partial charge in [-0.05, 0) is 36.1 Å². The summed E-state index contributed by atoms with van der Waals surface area (Å²) in [5.41, 5.74) is 3.45. The molecular weight excluding hydrogens is 282 g/mol. The molecule has 0 fully saturated rings. The first kappa shape index (κ1) is 16.4. The fourth-order valence-corrected chi connectivity index (χ4v) is 3.06. The fraction of sp³-hybridized carbons (Fsp3) is 0.471. The van der Waals surface area contributed by atoms with Crippen LogP contribution in [-0.2, 0) is 11.3 Å². The van der Waals surface area contributed by atoms with Crippen LogP contribution in [-0.4, -0.2) is 36.5 Å². The minimum absolute atomic E-state index is 0.262. The Labute approximate surface area is 130 Å². The van der Waals surface area contributed by atoms with Crippen LogP contribution in [0.4, 0.5) is 0 Å². The van der Waals surface area contributed by atoms with E-state index in [0.717, 1.165) is 22.0 Å². The summed E-state index contributed by atoms with van der Waals surface area (Å²) in [6, 6.07) is 3.67. The standard InChI is InChI=1S/C17H23NO4/c1-10(2)15-11(3)8-14(22-5)12-9-13(17(19)20)18(16(12)15)6-7-21-4/h8-10H,6-7H2,1-5H3,(H,19,20). The molecule has 0 bridgehead atoms. The zero-order valence-electron chi connectivity index (χ0n) is 13.8. The molecule has 22 heavy (non-hydrogen) atoms. The van der Waals surface area contributed by atoms with Crippen molar-refractivity contribution in [3.8, 4) is 5.75 Å². The number of carboxylic acids is 1. The van der Waals surface area contributed by atoms with Gasteiger partial charge in [0.2, 0.25) is 0 Å². The van der Waals surface area contributed by atoms with Crippen molar-refractivity contribution in [1.82, 2.24) is 4.57 Å². The lowest BCUT2D eigenvalue weighted by atomic mass is 9.95. The third kappa shape index (κ3) is 2.68. The number of methoxy groups -OCH3 is 2. The van der Waals surface area contributed by atoms with Gasteiger partial charge in [0.05, 0.1) is 19.2 Å². The summed E-state index contributed by atoms with van der Waals surface area (Å²) < 4.78 is 12.4. The van der Waals surface area contributed by atoms with Gasteiger partial charge < -0.3 is 19.1 Å². The lowest BCUT2D eigenvalue weighted by molar-refractivity contribution is 0.0683. The normalized spacial score (nSPS) is 11.4. The largest absolute Gasteiger partial charge is 0.496 e. The summed E-state index contributed by atoms with van der Waals surface area (Å²) in [5, 5.41) is 10.4. The first-order valence-electron chi connectivity index (χ1n) is 7.35. The van der Waals surface area contributed by atoms with E-state index in [1.165, 1.54) is 0 Å². The number of fused-ring (bicyclic) bond motifs is 1. The van der Waals surface area contributed by atoms with Crippen LogP contribution in [0.25, 0.3) is 10.9 Å². The van der Waals surface area contributed by atoms with Crippen molar-refractivity contribution < 1.29 is 19.4 Å². The first-order valence-corrected chi connectivity index (χ1v) is 7.35. The van der Waals surface area contributed by atoms with Crippen LogP contribution in [0.2, 0.25) is 0 Å². The second kappa shape index (κ2) is 6.40. The molecule has 2 rings (SSSR count). The highest BCUT2D eigenvalue weighted by Crippen LogP contribution is 2.37. The third-order valence-electron chi connectivity index (χ3n) is 3.93. The number of benzene rings is 1. The van der Waals surface area contributed by atoms with E-state index in [9.17, 15) is 9.90 Å². The van der Waals surface area contributed by atoms with Crippen molar-refractivity contribution in [1.29, 1.82) is 0 Å². The number of ether oxygens (including phenoxy) is 2. The lowest BCUT2D eigenvalue weighted by Gasteiger charge is -2.17. The highest BCUT2D eigenvalue weighted by atomic mass is 16.5. The Bertz CT molecular complexity index is 700. The number of carbonyl (C=O) groups is 1. The highest BCUT2D eigenvalue weighted by molar-refractivity contribution is 5.99. The molecule has 0 saturated carbocycles. The van der Waals surface area contributed by atoms with Gasteiger partial charge in [-0.3, -0.25) is 0 Å². The summed E-state index contributed by atoms with van der Waals surface area (Å²) >= 11 is 0. The van der Waals surface area contributed by atoms with Crippen molar-refractivity contribution >= 4 is 16.9 Å². The summed E-state index contributed by atoms with van der Waals surface area (Å²) in [6.07, 6.45) is 0.